The third-order valence-electron chi connectivity index (χ3n) is 4.50. The van der Waals surface area contributed by atoms with Crippen LogP contribution in [0.15, 0.2) is 30.3 Å². The third kappa shape index (κ3) is 1.93. The fraction of sp³-hybridized carbons (Fsp3) is 0.467. The van der Waals surface area contributed by atoms with E-state index in [1.54, 1.807) is 0 Å². The van der Waals surface area contributed by atoms with E-state index in [0.717, 1.165) is 28.8 Å². The zero-order valence-electron chi connectivity index (χ0n) is 10.7. The number of rotatable bonds is 3. The van der Waals surface area contributed by atoms with Gasteiger partial charge in [0.1, 0.15) is 11.6 Å². The number of hydrogen-bond acceptors (Lipinski definition) is 2. The highest BCUT2D eigenvalue weighted by Crippen LogP contribution is 2.57. The van der Waals surface area contributed by atoms with Crippen molar-refractivity contribution >= 4 is 15.9 Å². The van der Waals surface area contributed by atoms with Crippen molar-refractivity contribution in [2.24, 2.45) is 11.8 Å². The molecule has 0 spiro atoms. The van der Waals surface area contributed by atoms with Crippen molar-refractivity contribution in [1.29, 1.82) is 0 Å². The molecule has 0 bridgehead atoms. The van der Waals surface area contributed by atoms with Crippen LogP contribution in [0.25, 0.3) is 5.69 Å². The number of hydrogen-bond donors (Lipinski definition) is 0. The Kier molecular flexibility index (Phi) is 2.72. The quantitative estimate of drug-likeness (QED) is 0.808. The maximum absolute atomic E-state index is 4.48. The van der Waals surface area contributed by atoms with Gasteiger partial charge in [-0.1, -0.05) is 34.1 Å². The zero-order chi connectivity index (χ0) is 12.8. The molecular formula is C15H16BrN3. The van der Waals surface area contributed by atoms with Gasteiger partial charge < -0.3 is 0 Å². The lowest BCUT2D eigenvalue weighted by molar-refractivity contribution is 0.578. The Hall–Kier alpha value is -1.16. The van der Waals surface area contributed by atoms with E-state index < -0.39 is 0 Å². The SMILES string of the molecule is BrCc1nnc(C2CC3CC3C2)n1-c1ccccc1. The highest BCUT2D eigenvalue weighted by molar-refractivity contribution is 9.08. The monoisotopic (exact) mass is 317 g/mol. The zero-order valence-corrected chi connectivity index (χ0v) is 12.3. The molecule has 2 aliphatic rings. The minimum absolute atomic E-state index is 0.601. The van der Waals surface area contributed by atoms with Gasteiger partial charge in [0.05, 0.1) is 5.33 Å². The van der Waals surface area contributed by atoms with Crippen LogP contribution >= 0.6 is 15.9 Å². The molecule has 19 heavy (non-hydrogen) atoms. The molecule has 0 saturated heterocycles. The summed E-state index contributed by atoms with van der Waals surface area (Å²) in [5, 5.41) is 9.59. The molecule has 2 atom stereocenters. The lowest BCUT2D eigenvalue weighted by Crippen LogP contribution is -2.08. The van der Waals surface area contributed by atoms with E-state index in [1.165, 1.54) is 24.9 Å². The first-order chi connectivity index (χ1) is 9.36. The summed E-state index contributed by atoms with van der Waals surface area (Å²) in [6, 6.07) is 10.5. The van der Waals surface area contributed by atoms with Crippen molar-refractivity contribution in [2.75, 3.05) is 0 Å². The molecule has 0 radical (unpaired) electrons. The van der Waals surface area contributed by atoms with E-state index in [4.69, 9.17) is 0 Å². The van der Waals surface area contributed by atoms with Gasteiger partial charge in [-0.2, -0.15) is 0 Å². The van der Waals surface area contributed by atoms with E-state index >= 15 is 0 Å². The predicted octanol–water partition coefficient (Wildman–Crippen LogP) is 3.68. The van der Waals surface area contributed by atoms with Crippen LogP contribution in [0.1, 0.15) is 36.8 Å². The summed E-state index contributed by atoms with van der Waals surface area (Å²) in [6.07, 6.45) is 4.05. The largest absolute Gasteiger partial charge is 0.282 e. The number of aromatic nitrogens is 3. The average Bonchev–Trinajstić information content (AvgIpc) is 2.92. The van der Waals surface area contributed by atoms with Crippen LogP contribution < -0.4 is 0 Å². The molecule has 2 aromatic rings. The number of halogens is 1. The lowest BCUT2D eigenvalue weighted by atomic mass is 10.0. The molecule has 1 aromatic carbocycles. The first kappa shape index (κ1) is 11.6. The first-order valence-corrected chi connectivity index (χ1v) is 8.04. The number of benzene rings is 1. The van der Waals surface area contributed by atoms with Crippen molar-refractivity contribution in [3.05, 3.63) is 42.0 Å². The van der Waals surface area contributed by atoms with Crippen LogP contribution in [0.2, 0.25) is 0 Å². The van der Waals surface area contributed by atoms with Gasteiger partial charge in [-0.05, 0) is 43.2 Å². The van der Waals surface area contributed by atoms with Crippen molar-refractivity contribution in [3.8, 4) is 5.69 Å². The molecule has 2 fully saturated rings. The van der Waals surface area contributed by atoms with Gasteiger partial charge in [-0.3, -0.25) is 4.57 Å². The summed E-state index contributed by atoms with van der Waals surface area (Å²) < 4.78 is 2.24. The van der Waals surface area contributed by atoms with Gasteiger partial charge in [0.25, 0.3) is 0 Å². The van der Waals surface area contributed by atoms with Gasteiger partial charge in [0.2, 0.25) is 0 Å². The fourth-order valence-electron chi connectivity index (χ4n) is 3.47. The second kappa shape index (κ2) is 4.44. The Labute approximate surface area is 121 Å². The standard InChI is InChI=1S/C15H16BrN3/c16-9-14-17-18-15(12-7-10-6-11(10)8-12)19(14)13-4-2-1-3-5-13/h1-5,10-12H,6-9H2. The van der Waals surface area contributed by atoms with E-state index in [9.17, 15) is 0 Å². The summed E-state index contributed by atoms with van der Waals surface area (Å²) in [4.78, 5) is 0. The molecule has 1 heterocycles. The summed E-state index contributed by atoms with van der Waals surface area (Å²) in [5.74, 6) is 4.70. The molecule has 98 valence electrons. The van der Waals surface area contributed by atoms with Crippen molar-refractivity contribution in [2.45, 2.75) is 30.5 Å². The lowest BCUT2D eigenvalue weighted by Gasteiger charge is -2.14. The summed E-state index contributed by atoms with van der Waals surface area (Å²) in [5.41, 5.74) is 1.18. The van der Waals surface area contributed by atoms with Gasteiger partial charge in [-0.15, -0.1) is 10.2 Å². The third-order valence-corrected chi connectivity index (χ3v) is 5.00. The van der Waals surface area contributed by atoms with Crippen molar-refractivity contribution in [3.63, 3.8) is 0 Å². The Morgan fingerprint density at radius 1 is 1.05 bits per heavy atom. The smallest absolute Gasteiger partial charge is 0.148 e. The maximum Gasteiger partial charge on any atom is 0.148 e. The number of alkyl halides is 1. The number of fused-ring (bicyclic) bond motifs is 1. The van der Waals surface area contributed by atoms with Gasteiger partial charge >= 0.3 is 0 Å². The van der Waals surface area contributed by atoms with Crippen molar-refractivity contribution < 1.29 is 0 Å². The highest BCUT2D eigenvalue weighted by Gasteiger charge is 2.47. The first-order valence-electron chi connectivity index (χ1n) is 6.92. The molecule has 0 N–H and O–H groups in total. The average molecular weight is 318 g/mol. The van der Waals surface area contributed by atoms with Gasteiger partial charge in [-0.25, -0.2) is 0 Å². The van der Waals surface area contributed by atoms with Crippen LogP contribution in [0.3, 0.4) is 0 Å². The normalized spacial score (nSPS) is 28.4. The second-order valence-electron chi connectivity index (χ2n) is 5.70. The highest BCUT2D eigenvalue weighted by atomic mass is 79.9. The van der Waals surface area contributed by atoms with Crippen LogP contribution in [0.4, 0.5) is 0 Å². The molecule has 4 rings (SSSR count). The Morgan fingerprint density at radius 3 is 2.47 bits per heavy atom. The Balaban J connectivity index is 1.77. The van der Waals surface area contributed by atoms with E-state index in [-0.39, 0.29) is 0 Å². The molecule has 2 saturated carbocycles. The van der Waals surface area contributed by atoms with Crippen LogP contribution in [-0.4, -0.2) is 14.8 Å². The molecule has 2 unspecified atom stereocenters. The molecular weight excluding hydrogens is 302 g/mol. The van der Waals surface area contributed by atoms with E-state index in [2.05, 4.69) is 55.0 Å². The summed E-state index contributed by atoms with van der Waals surface area (Å²) in [7, 11) is 0. The second-order valence-corrected chi connectivity index (χ2v) is 6.26. The van der Waals surface area contributed by atoms with Crippen LogP contribution in [0.5, 0.6) is 0 Å². The van der Waals surface area contributed by atoms with Crippen molar-refractivity contribution in [1.82, 2.24) is 14.8 Å². The van der Waals surface area contributed by atoms with Crippen LogP contribution in [0, 0.1) is 11.8 Å². The topological polar surface area (TPSA) is 30.7 Å². The molecule has 3 nitrogen and oxygen atoms in total. The van der Waals surface area contributed by atoms with Gasteiger partial charge in [0, 0.05) is 11.6 Å². The maximum atomic E-state index is 4.48. The van der Waals surface area contributed by atoms with E-state index in [1.807, 2.05) is 6.07 Å². The molecule has 0 amide bonds. The Bertz CT molecular complexity index is 583. The summed E-state index contributed by atoms with van der Waals surface area (Å²) in [6.45, 7) is 0. The molecule has 2 aliphatic carbocycles. The molecule has 4 heteroatoms. The molecule has 1 aromatic heterocycles. The Morgan fingerprint density at radius 2 is 1.79 bits per heavy atom. The van der Waals surface area contributed by atoms with Crippen LogP contribution in [-0.2, 0) is 5.33 Å². The minimum atomic E-state index is 0.601. The number of nitrogens with zero attached hydrogens (tertiary/aromatic N) is 3. The fourth-order valence-corrected chi connectivity index (χ4v) is 3.83. The van der Waals surface area contributed by atoms with E-state index in [0.29, 0.717) is 5.92 Å². The predicted molar refractivity (Wildman–Crippen MR) is 77.6 cm³/mol. The summed E-state index contributed by atoms with van der Waals surface area (Å²) >= 11 is 3.52. The molecule has 0 aliphatic heterocycles. The number of para-hydroxylation sites is 1. The minimum Gasteiger partial charge on any atom is -0.282 e. The van der Waals surface area contributed by atoms with Gasteiger partial charge in [0.15, 0.2) is 0 Å².